The van der Waals surface area contributed by atoms with Crippen molar-refractivity contribution in [2.75, 3.05) is 13.1 Å². The third kappa shape index (κ3) is 4.43. The number of carbonyl (C=O) groups excluding carboxylic acids is 2. The van der Waals surface area contributed by atoms with Gasteiger partial charge >= 0.3 is 0 Å². The molecule has 3 N–H and O–H groups in total. The number of nitrogens with one attached hydrogen (secondary N) is 3. The van der Waals surface area contributed by atoms with Gasteiger partial charge in [-0.2, -0.15) is 5.10 Å². The minimum atomic E-state index is -0.00867. The van der Waals surface area contributed by atoms with E-state index in [1.165, 1.54) is 5.56 Å². The maximum Gasteiger partial charge on any atom is 0.221 e. The molecule has 1 aromatic carbocycles. The predicted octanol–water partition coefficient (Wildman–Crippen LogP) is 1.67. The molecule has 0 spiro atoms. The summed E-state index contributed by atoms with van der Waals surface area (Å²) in [4.78, 5) is 24.0. The number of rotatable bonds is 7. The number of carbonyl (C=O) groups is 2. The van der Waals surface area contributed by atoms with Crippen LogP contribution in [0, 0.1) is 19.8 Å². The van der Waals surface area contributed by atoms with Gasteiger partial charge in [0.25, 0.3) is 0 Å². The molecule has 0 saturated carbocycles. The number of amides is 1. The van der Waals surface area contributed by atoms with Crippen LogP contribution in [0.3, 0.4) is 0 Å². The molecule has 1 saturated heterocycles. The molecule has 2 heterocycles. The van der Waals surface area contributed by atoms with Crippen molar-refractivity contribution >= 4 is 11.7 Å². The maximum atomic E-state index is 12.3. The third-order valence-corrected chi connectivity index (χ3v) is 5.10. The van der Waals surface area contributed by atoms with Crippen molar-refractivity contribution in [2.24, 2.45) is 5.92 Å². The van der Waals surface area contributed by atoms with E-state index in [4.69, 9.17) is 0 Å². The fraction of sp³-hybridized carbons (Fsp3) is 0.450. The van der Waals surface area contributed by atoms with Crippen molar-refractivity contribution in [2.45, 2.75) is 39.8 Å². The molecule has 0 radical (unpaired) electrons. The topological polar surface area (TPSA) is 88.0 Å². The zero-order valence-electron chi connectivity index (χ0n) is 16.1. The Morgan fingerprint density at radius 1 is 1.26 bits per heavy atom. The molecule has 1 aromatic heterocycles. The number of hydrogen-bond donors (Lipinski definition) is 3. The molecule has 1 fully saturated rings. The van der Waals surface area contributed by atoms with Crippen LogP contribution in [0.2, 0.25) is 0 Å². The monoisotopic (exact) mass is 369 g/mol. The summed E-state index contributed by atoms with van der Waals surface area (Å²) in [6, 6.07) is 10.4. The molecule has 0 bridgehead atoms. The lowest BCUT2D eigenvalue weighted by molar-refractivity contribution is -0.121. The highest BCUT2D eigenvalue weighted by Gasteiger charge is 2.28. The van der Waals surface area contributed by atoms with Gasteiger partial charge in [0.2, 0.25) is 5.91 Å². The minimum Gasteiger partial charge on any atom is -0.356 e. The van der Waals surface area contributed by atoms with Crippen molar-refractivity contribution in [1.29, 1.82) is 0 Å². The number of hydrazine groups is 1. The highest BCUT2D eigenvalue weighted by molar-refractivity contribution is 5.96. The van der Waals surface area contributed by atoms with Gasteiger partial charge in [-0.1, -0.05) is 30.3 Å². The van der Waals surface area contributed by atoms with E-state index in [0.29, 0.717) is 30.8 Å². The summed E-state index contributed by atoms with van der Waals surface area (Å²) in [5, 5.41) is 7.42. The first kappa shape index (κ1) is 19.3. The van der Waals surface area contributed by atoms with E-state index >= 15 is 0 Å². The van der Waals surface area contributed by atoms with Crippen LogP contribution < -0.4 is 16.2 Å². The molecule has 7 heteroatoms. The quantitative estimate of drug-likeness (QED) is 0.646. The van der Waals surface area contributed by atoms with Gasteiger partial charge in [-0.05, 0) is 26.3 Å². The van der Waals surface area contributed by atoms with E-state index in [0.717, 1.165) is 12.2 Å². The first-order chi connectivity index (χ1) is 13.0. The van der Waals surface area contributed by atoms with Crippen LogP contribution in [0.25, 0.3) is 0 Å². The summed E-state index contributed by atoms with van der Waals surface area (Å²) < 4.78 is 1.75. The van der Waals surface area contributed by atoms with Gasteiger partial charge in [-0.15, -0.1) is 0 Å². The van der Waals surface area contributed by atoms with E-state index in [2.05, 4.69) is 33.4 Å². The zero-order chi connectivity index (χ0) is 19.4. The molecule has 2 atom stereocenters. The average Bonchev–Trinajstić information content (AvgIpc) is 3.23. The summed E-state index contributed by atoms with van der Waals surface area (Å²) in [5.41, 5.74) is 9.87. The Morgan fingerprint density at radius 3 is 2.67 bits per heavy atom. The lowest BCUT2D eigenvalue weighted by atomic mass is 9.95. The van der Waals surface area contributed by atoms with Gasteiger partial charge < -0.3 is 5.32 Å². The number of Topliss-reactive ketones (excluding diaryl/α,β-unsaturated/α-hetero) is 1. The molecule has 2 unspecified atom stereocenters. The largest absolute Gasteiger partial charge is 0.356 e. The Balaban J connectivity index is 1.52. The second-order valence-electron chi connectivity index (χ2n) is 7.05. The summed E-state index contributed by atoms with van der Waals surface area (Å²) in [6.45, 7) is 7.11. The number of ketones is 1. The predicted molar refractivity (Wildman–Crippen MR) is 103 cm³/mol. The molecule has 0 aliphatic carbocycles. The van der Waals surface area contributed by atoms with Gasteiger partial charge in [0, 0.05) is 37.7 Å². The van der Waals surface area contributed by atoms with Crippen molar-refractivity contribution in [1.82, 2.24) is 25.9 Å². The van der Waals surface area contributed by atoms with Gasteiger partial charge in [0.15, 0.2) is 5.78 Å². The fourth-order valence-corrected chi connectivity index (χ4v) is 3.71. The highest BCUT2D eigenvalue weighted by atomic mass is 16.1. The van der Waals surface area contributed by atoms with Crippen molar-refractivity contribution < 1.29 is 9.59 Å². The Morgan fingerprint density at radius 2 is 2.00 bits per heavy atom. The Kier molecular flexibility index (Phi) is 6.03. The zero-order valence-corrected chi connectivity index (χ0v) is 16.1. The first-order valence-corrected chi connectivity index (χ1v) is 9.32. The number of aromatic nitrogens is 2. The van der Waals surface area contributed by atoms with Crippen molar-refractivity contribution in [3.05, 3.63) is 52.8 Å². The molecular formula is C20H27N5O2. The van der Waals surface area contributed by atoms with E-state index in [9.17, 15) is 9.59 Å². The van der Waals surface area contributed by atoms with Gasteiger partial charge in [-0.3, -0.25) is 19.7 Å². The fourth-order valence-electron chi connectivity index (χ4n) is 3.71. The molecule has 27 heavy (non-hydrogen) atoms. The van der Waals surface area contributed by atoms with Crippen LogP contribution >= 0.6 is 0 Å². The molecule has 1 aliphatic rings. The van der Waals surface area contributed by atoms with Crippen LogP contribution in [0.4, 0.5) is 0 Å². The van der Waals surface area contributed by atoms with E-state index in [1.54, 1.807) is 11.6 Å². The third-order valence-electron chi connectivity index (χ3n) is 5.10. The minimum absolute atomic E-state index is 0.00823. The number of hydrogen-bond acceptors (Lipinski definition) is 5. The molecular weight excluding hydrogens is 342 g/mol. The maximum absolute atomic E-state index is 12.3. The highest BCUT2D eigenvalue weighted by Crippen LogP contribution is 2.24. The van der Waals surface area contributed by atoms with E-state index < -0.39 is 0 Å². The number of nitrogens with zero attached hydrogens (tertiary/aromatic N) is 2. The van der Waals surface area contributed by atoms with E-state index in [1.807, 2.05) is 32.0 Å². The van der Waals surface area contributed by atoms with Gasteiger partial charge in [0.05, 0.1) is 17.3 Å². The summed E-state index contributed by atoms with van der Waals surface area (Å²) in [5.74, 6) is 0.286. The van der Waals surface area contributed by atoms with Crippen LogP contribution in [0.1, 0.15) is 46.7 Å². The summed E-state index contributed by atoms with van der Waals surface area (Å²) in [7, 11) is 0. The first-order valence-electron chi connectivity index (χ1n) is 9.32. The Bertz CT molecular complexity index is 815. The Labute approximate surface area is 159 Å². The second-order valence-corrected chi connectivity index (χ2v) is 7.05. The van der Waals surface area contributed by atoms with Crippen LogP contribution in [-0.4, -0.2) is 34.6 Å². The number of benzene rings is 1. The lowest BCUT2D eigenvalue weighted by Gasteiger charge is -2.19. The van der Waals surface area contributed by atoms with Crippen LogP contribution in [0.5, 0.6) is 0 Å². The molecule has 7 nitrogen and oxygen atoms in total. The molecule has 144 valence electrons. The standard InChI is InChI=1S/C20H27N5O2/c1-13-19(15(3)26)14(2)25(24-13)10-9-18(27)21-11-17-12-22-23-20(17)16-7-5-4-6-8-16/h4-8,17,20,22-23H,9-12H2,1-3H3,(H,21,27). The lowest BCUT2D eigenvalue weighted by Crippen LogP contribution is -2.33. The summed E-state index contributed by atoms with van der Waals surface area (Å²) >= 11 is 0. The average molecular weight is 369 g/mol. The van der Waals surface area contributed by atoms with Crippen molar-refractivity contribution in [3.63, 3.8) is 0 Å². The Hall–Kier alpha value is -2.51. The summed E-state index contributed by atoms with van der Waals surface area (Å²) in [6.07, 6.45) is 0.336. The molecule has 1 aliphatic heterocycles. The van der Waals surface area contributed by atoms with E-state index in [-0.39, 0.29) is 23.7 Å². The van der Waals surface area contributed by atoms with Crippen LogP contribution in [-0.2, 0) is 11.3 Å². The number of aryl methyl sites for hydroxylation is 2. The molecule has 1 amide bonds. The molecule has 2 aromatic rings. The normalized spacial score (nSPS) is 19.2. The van der Waals surface area contributed by atoms with Crippen molar-refractivity contribution in [3.8, 4) is 0 Å². The van der Waals surface area contributed by atoms with Gasteiger partial charge in [0.1, 0.15) is 0 Å². The second kappa shape index (κ2) is 8.45. The van der Waals surface area contributed by atoms with Crippen LogP contribution in [0.15, 0.2) is 30.3 Å². The molecule has 3 rings (SSSR count). The van der Waals surface area contributed by atoms with Gasteiger partial charge in [-0.25, -0.2) is 5.43 Å². The smallest absolute Gasteiger partial charge is 0.221 e. The SMILES string of the molecule is CC(=O)c1c(C)nn(CCC(=O)NCC2CNNC2c2ccccc2)c1C.